The molecule has 1 amide bonds. The van der Waals surface area contributed by atoms with Gasteiger partial charge in [0.2, 0.25) is 5.91 Å². The van der Waals surface area contributed by atoms with Gasteiger partial charge in [0.1, 0.15) is 6.54 Å². The lowest BCUT2D eigenvalue weighted by Crippen LogP contribution is -2.42. The summed E-state index contributed by atoms with van der Waals surface area (Å²) in [7, 11) is 0. The highest BCUT2D eigenvalue weighted by atomic mass is 16.2. The Balaban J connectivity index is 1.89. The molecule has 1 aliphatic heterocycles. The summed E-state index contributed by atoms with van der Waals surface area (Å²) in [5.41, 5.74) is 0.578. The van der Waals surface area contributed by atoms with Gasteiger partial charge in [-0.2, -0.15) is 5.10 Å². The van der Waals surface area contributed by atoms with Gasteiger partial charge < -0.3 is 4.90 Å². The van der Waals surface area contributed by atoms with Crippen LogP contribution in [-0.4, -0.2) is 33.7 Å². The molecule has 116 valence electrons. The van der Waals surface area contributed by atoms with E-state index in [0.29, 0.717) is 11.3 Å². The number of piperidine rings is 1. The monoisotopic (exact) mass is 299 g/mol. The lowest BCUT2D eigenvalue weighted by atomic mass is 10.0. The van der Waals surface area contributed by atoms with E-state index in [0.717, 1.165) is 37.0 Å². The van der Waals surface area contributed by atoms with Crippen molar-refractivity contribution >= 4 is 16.7 Å². The molecule has 1 aromatic carbocycles. The van der Waals surface area contributed by atoms with Crippen molar-refractivity contribution in [1.82, 2.24) is 14.7 Å². The highest BCUT2D eigenvalue weighted by molar-refractivity contribution is 5.83. The van der Waals surface area contributed by atoms with Crippen molar-refractivity contribution in [1.29, 1.82) is 0 Å². The largest absolute Gasteiger partial charge is 0.341 e. The Bertz CT molecular complexity index is 766. The van der Waals surface area contributed by atoms with E-state index in [4.69, 9.17) is 0 Å². The van der Waals surface area contributed by atoms with E-state index in [1.807, 2.05) is 30.0 Å². The van der Waals surface area contributed by atoms with Gasteiger partial charge in [-0.15, -0.1) is 0 Å². The van der Waals surface area contributed by atoms with Gasteiger partial charge in [-0.1, -0.05) is 25.1 Å². The first-order valence-corrected chi connectivity index (χ1v) is 7.80. The number of nitrogens with zero attached hydrogens (tertiary/aromatic N) is 3. The summed E-state index contributed by atoms with van der Waals surface area (Å²) in [6.07, 6.45) is 2.20. The minimum atomic E-state index is -0.195. The molecule has 22 heavy (non-hydrogen) atoms. The lowest BCUT2D eigenvalue weighted by molar-refractivity contribution is -0.133. The number of aromatic nitrogens is 2. The van der Waals surface area contributed by atoms with Crippen molar-refractivity contribution in [2.75, 3.05) is 13.1 Å². The number of hydrogen-bond donors (Lipinski definition) is 0. The van der Waals surface area contributed by atoms with Crippen molar-refractivity contribution in [3.63, 3.8) is 0 Å². The number of aryl methyl sites for hydroxylation is 1. The van der Waals surface area contributed by atoms with Crippen LogP contribution in [0.25, 0.3) is 10.8 Å². The number of carbonyl (C=O) groups excluding carboxylic acids is 1. The Kier molecular flexibility index (Phi) is 3.96. The zero-order valence-electron chi connectivity index (χ0n) is 13.1. The molecule has 2 heterocycles. The second-order valence-corrected chi connectivity index (χ2v) is 6.18. The Hall–Kier alpha value is -2.17. The molecule has 0 bridgehead atoms. The molecule has 2 aromatic rings. The van der Waals surface area contributed by atoms with E-state index >= 15 is 0 Å². The van der Waals surface area contributed by atoms with Gasteiger partial charge in [-0.3, -0.25) is 9.59 Å². The van der Waals surface area contributed by atoms with Crippen LogP contribution in [0.5, 0.6) is 0 Å². The summed E-state index contributed by atoms with van der Waals surface area (Å²) in [5, 5.41) is 5.78. The first-order chi connectivity index (χ1) is 10.6. The normalized spacial score (nSPS) is 18.6. The van der Waals surface area contributed by atoms with Crippen LogP contribution in [0.15, 0.2) is 29.1 Å². The summed E-state index contributed by atoms with van der Waals surface area (Å²) in [4.78, 5) is 26.8. The number of amides is 1. The fourth-order valence-electron chi connectivity index (χ4n) is 3.16. The van der Waals surface area contributed by atoms with Crippen molar-refractivity contribution < 1.29 is 4.79 Å². The zero-order valence-corrected chi connectivity index (χ0v) is 13.1. The minimum absolute atomic E-state index is 0.0177. The number of likely N-dealkylation sites (tertiary alicyclic amines) is 1. The van der Waals surface area contributed by atoms with Gasteiger partial charge in [-0.05, 0) is 31.7 Å². The predicted octanol–water partition coefficient (Wildman–Crippen LogP) is 1.96. The number of hydrogen-bond acceptors (Lipinski definition) is 3. The average molecular weight is 299 g/mol. The van der Waals surface area contributed by atoms with Crippen LogP contribution in [0.2, 0.25) is 0 Å². The van der Waals surface area contributed by atoms with Gasteiger partial charge in [0.05, 0.1) is 11.1 Å². The van der Waals surface area contributed by atoms with Crippen LogP contribution in [-0.2, 0) is 11.3 Å². The number of fused-ring (bicyclic) bond motifs is 1. The minimum Gasteiger partial charge on any atom is -0.341 e. The summed E-state index contributed by atoms with van der Waals surface area (Å²) in [6.45, 7) is 5.61. The number of rotatable bonds is 2. The topological polar surface area (TPSA) is 55.2 Å². The van der Waals surface area contributed by atoms with Gasteiger partial charge in [0.25, 0.3) is 5.56 Å². The molecule has 0 N–H and O–H groups in total. The Morgan fingerprint density at radius 3 is 2.77 bits per heavy atom. The van der Waals surface area contributed by atoms with E-state index in [-0.39, 0.29) is 18.0 Å². The van der Waals surface area contributed by atoms with Crippen LogP contribution in [0.3, 0.4) is 0 Å². The van der Waals surface area contributed by atoms with E-state index in [9.17, 15) is 9.59 Å². The van der Waals surface area contributed by atoms with Crippen LogP contribution in [0.4, 0.5) is 0 Å². The van der Waals surface area contributed by atoms with Crippen LogP contribution < -0.4 is 5.56 Å². The quantitative estimate of drug-likeness (QED) is 0.852. The molecule has 1 atom stereocenters. The van der Waals surface area contributed by atoms with Crippen molar-refractivity contribution in [3.8, 4) is 0 Å². The molecule has 1 unspecified atom stereocenters. The maximum absolute atomic E-state index is 12.5. The molecule has 5 heteroatoms. The molecule has 1 saturated heterocycles. The zero-order chi connectivity index (χ0) is 15.7. The summed E-state index contributed by atoms with van der Waals surface area (Å²) < 4.78 is 1.30. The SMILES string of the molecule is Cc1nn(CC(=O)N2CCCC(C)C2)c(=O)c2ccccc12. The van der Waals surface area contributed by atoms with Crippen molar-refractivity contribution in [3.05, 3.63) is 40.3 Å². The smallest absolute Gasteiger partial charge is 0.275 e. The molecule has 0 saturated carbocycles. The first-order valence-electron chi connectivity index (χ1n) is 7.80. The molecular weight excluding hydrogens is 278 g/mol. The molecule has 0 radical (unpaired) electrons. The Morgan fingerprint density at radius 1 is 1.32 bits per heavy atom. The van der Waals surface area contributed by atoms with Gasteiger partial charge >= 0.3 is 0 Å². The van der Waals surface area contributed by atoms with E-state index < -0.39 is 0 Å². The molecule has 0 spiro atoms. The molecular formula is C17H21N3O2. The lowest BCUT2D eigenvalue weighted by Gasteiger charge is -2.31. The molecule has 3 rings (SSSR count). The van der Waals surface area contributed by atoms with Gasteiger partial charge in [0.15, 0.2) is 0 Å². The second-order valence-electron chi connectivity index (χ2n) is 6.18. The van der Waals surface area contributed by atoms with Crippen molar-refractivity contribution in [2.45, 2.75) is 33.2 Å². The molecule has 0 aliphatic carbocycles. The third-order valence-corrected chi connectivity index (χ3v) is 4.35. The number of carbonyl (C=O) groups is 1. The number of benzene rings is 1. The fourth-order valence-corrected chi connectivity index (χ4v) is 3.16. The summed E-state index contributed by atoms with van der Waals surface area (Å²) in [6, 6.07) is 7.40. The maximum Gasteiger partial charge on any atom is 0.275 e. The predicted molar refractivity (Wildman–Crippen MR) is 85.7 cm³/mol. The van der Waals surface area contributed by atoms with Gasteiger partial charge in [0, 0.05) is 18.5 Å². The van der Waals surface area contributed by atoms with Gasteiger partial charge in [-0.25, -0.2) is 4.68 Å². The maximum atomic E-state index is 12.5. The Morgan fingerprint density at radius 2 is 2.05 bits per heavy atom. The molecule has 1 aromatic heterocycles. The summed E-state index contributed by atoms with van der Waals surface area (Å²) in [5.74, 6) is 0.511. The van der Waals surface area contributed by atoms with E-state index in [1.165, 1.54) is 4.68 Å². The molecule has 5 nitrogen and oxygen atoms in total. The molecule has 1 aliphatic rings. The van der Waals surface area contributed by atoms with E-state index in [2.05, 4.69) is 12.0 Å². The summed E-state index contributed by atoms with van der Waals surface area (Å²) >= 11 is 0. The third kappa shape index (κ3) is 2.75. The molecule has 1 fully saturated rings. The van der Waals surface area contributed by atoms with Crippen LogP contribution in [0, 0.1) is 12.8 Å². The fraction of sp³-hybridized carbons (Fsp3) is 0.471. The van der Waals surface area contributed by atoms with Crippen molar-refractivity contribution in [2.24, 2.45) is 5.92 Å². The standard InChI is InChI=1S/C17H21N3O2/c1-12-6-5-9-19(10-12)16(21)11-20-17(22)15-8-4-3-7-14(15)13(2)18-20/h3-4,7-8,12H,5-6,9-11H2,1-2H3. The van der Waals surface area contributed by atoms with E-state index in [1.54, 1.807) is 6.07 Å². The van der Waals surface area contributed by atoms with Crippen LogP contribution in [0.1, 0.15) is 25.5 Å². The van der Waals surface area contributed by atoms with Crippen LogP contribution >= 0.6 is 0 Å². The highest BCUT2D eigenvalue weighted by Gasteiger charge is 2.22. The first kappa shape index (κ1) is 14.8. The average Bonchev–Trinajstić information content (AvgIpc) is 2.52. The highest BCUT2D eigenvalue weighted by Crippen LogP contribution is 2.16. The third-order valence-electron chi connectivity index (χ3n) is 4.35. The Labute approximate surface area is 129 Å². The second kappa shape index (κ2) is 5.91.